The summed E-state index contributed by atoms with van der Waals surface area (Å²) >= 11 is 5.22. The second kappa shape index (κ2) is 6.53. The van der Waals surface area contributed by atoms with Crippen LogP contribution in [-0.4, -0.2) is 33.2 Å². The molecule has 0 fully saturated rings. The fourth-order valence-corrected chi connectivity index (χ4v) is 2.76. The molecule has 0 aliphatic rings. The molecule has 3 rings (SSSR count). The van der Waals surface area contributed by atoms with Crippen molar-refractivity contribution in [3.8, 4) is 22.6 Å². The van der Waals surface area contributed by atoms with E-state index in [1.807, 2.05) is 28.2 Å². The molecular weight excluding hydrogens is 318 g/mol. The molecule has 24 heavy (non-hydrogen) atoms. The first kappa shape index (κ1) is 16.3. The van der Waals surface area contributed by atoms with E-state index in [9.17, 15) is 0 Å². The third kappa shape index (κ3) is 3.21. The number of benzene rings is 2. The Morgan fingerprint density at radius 3 is 1.67 bits per heavy atom. The van der Waals surface area contributed by atoms with Crippen LogP contribution in [0.1, 0.15) is 0 Å². The van der Waals surface area contributed by atoms with Crippen LogP contribution in [-0.2, 0) is 0 Å². The summed E-state index contributed by atoms with van der Waals surface area (Å²) in [6.45, 7) is 0. The van der Waals surface area contributed by atoms with Gasteiger partial charge in [0, 0.05) is 50.7 Å². The van der Waals surface area contributed by atoms with E-state index in [1.54, 1.807) is 0 Å². The van der Waals surface area contributed by atoms with Gasteiger partial charge in [0.05, 0.1) is 5.69 Å². The number of H-pyrrole nitrogens is 1. The summed E-state index contributed by atoms with van der Waals surface area (Å²) in [5.41, 5.74) is 5.25. The summed E-state index contributed by atoms with van der Waals surface area (Å²) in [4.78, 5) is 7.69. The highest BCUT2D eigenvalue weighted by Crippen LogP contribution is 2.33. The van der Waals surface area contributed by atoms with Crippen LogP contribution in [0.3, 0.4) is 0 Å². The third-order valence-electron chi connectivity index (χ3n) is 3.97. The fourth-order valence-electron chi connectivity index (χ4n) is 2.57. The Bertz CT molecular complexity index is 802. The van der Waals surface area contributed by atoms with Crippen molar-refractivity contribution >= 4 is 23.6 Å². The van der Waals surface area contributed by atoms with Crippen molar-refractivity contribution < 1.29 is 4.42 Å². The van der Waals surface area contributed by atoms with Crippen molar-refractivity contribution in [1.29, 1.82) is 0 Å². The molecule has 1 heterocycles. The van der Waals surface area contributed by atoms with E-state index in [2.05, 4.69) is 63.3 Å². The average molecular weight is 339 g/mol. The maximum Gasteiger partial charge on any atom is 0.266 e. The number of nitrogens with zero attached hydrogens (tertiary/aromatic N) is 2. The lowest BCUT2D eigenvalue weighted by Gasteiger charge is -2.13. The lowest BCUT2D eigenvalue weighted by atomic mass is 10.0. The zero-order chi connectivity index (χ0) is 17.3. The van der Waals surface area contributed by atoms with Gasteiger partial charge in [-0.1, -0.05) is 12.1 Å². The van der Waals surface area contributed by atoms with Crippen LogP contribution in [0.4, 0.5) is 11.4 Å². The number of hydrogen-bond acceptors (Lipinski definition) is 4. The van der Waals surface area contributed by atoms with Crippen LogP contribution in [0.5, 0.6) is 0 Å². The summed E-state index contributed by atoms with van der Waals surface area (Å²) in [5.74, 6) is 0.767. The lowest BCUT2D eigenvalue weighted by Crippen LogP contribution is -2.08. The van der Waals surface area contributed by atoms with E-state index in [0.717, 1.165) is 34.0 Å². The zero-order valence-electron chi connectivity index (χ0n) is 14.3. The van der Waals surface area contributed by atoms with Crippen molar-refractivity contribution in [3.63, 3.8) is 0 Å². The van der Waals surface area contributed by atoms with Gasteiger partial charge in [0.1, 0.15) is 0 Å². The van der Waals surface area contributed by atoms with Crippen LogP contribution in [0.25, 0.3) is 22.6 Å². The van der Waals surface area contributed by atoms with Crippen molar-refractivity contribution in [2.75, 3.05) is 38.0 Å². The molecule has 124 valence electrons. The molecule has 0 unspecified atom stereocenters. The van der Waals surface area contributed by atoms with E-state index < -0.39 is 0 Å². The van der Waals surface area contributed by atoms with Crippen LogP contribution in [0.15, 0.2) is 52.9 Å². The summed E-state index contributed by atoms with van der Waals surface area (Å²) in [7, 11) is 8.10. The lowest BCUT2D eigenvalue weighted by molar-refractivity contribution is 0.554. The number of anilines is 2. The molecule has 0 saturated heterocycles. The Morgan fingerprint density at radius 2 is 1.21 bits per heavy atom. The van der Waals surface area contributed by atoms with Gasteiger partial charge in [0.2, 0.25) is 0 Å². The fraction of sp³-hybridized carbons (Fsp3) is 0.211. The Labute approximate surface area is 147 Å². The number of aromatic amines is 1. The summed E-state index contributed by atoms with van der Waals surface area (Å²) in [6.07, 6.45) is 0. The van der Waals surface area contributed by atoms with Gasteiger partial charge >= 0.3 is 0 Å². The predicted molar refractivity (Wildman–Crippen MR) is 103 cm³/mol. The first-order chi connectivity index (χ1) is 11.5. The monoisotopic (exact) mass is 339 g/mol. The molecule has 0 atom stereocenters. The van der Waals surface area contributed by atoms with Gasteiger partial charge < -0.3 is 19.2 Å². The summed E-state index contributed by atoms with van der Waals surface area (Å²) in [6, 6.07) is 16.5. The zero-order valence-corrected chi connectivity index (χ0v) is 15.1. The smallest absolute Gasteiger partial charge is 0.266 e. The first-order valence-corrected chi connectivity index (χ1v) is 8.15. The molecule has 3 aromatic rings. The Hall–Kier alpha value is -2.53. The normalized spacial score (nSPS) is 10.7. The quantitative estimate of drug-likeness (QED) is 0.692. The molecule has 0 spiro atoms. The molecule has 0 bridgehead atoms. The second-order valence-electron chi connectivity index (χ2n) is 6.10. The van der Waals surface area contributed by atoms with Crippen LogP contribution in [0.2, 0.25) is 0 Å². The van der Waals surface area contributed by atoms with Crippen molar-refractivity contribution in [2.45, 2.75) is 0 Å². The van der Waals surface area contributed by atoms with Gasteiger partial charge in [-0.25, -0.2) is 0 Å². The highest BCUT2D eigenvalue weighted by molar-refractivity contribution is 7.71. The second-order valence-corrected chi connectivity index (χ2v) is 6.47. The molecule has 0 aliphatic heterocycles. The van der Waals surface area contributed by atoms with Gasteiger partial charge in [-0.2, -0.15) is 0 Å². The van der Waals surface area contributed by atoms with E-state index in [-0.39, 0.29) is 0 Å². The molecule has 0 saturated carbocycles. The molecule has 0 aliphatic carbocycles. The number of oxazole rings is 1. The minimum absolute atomic E-state index is 0.383. The van der Waals surface area contributed by atoms with Crippen molar-refractivity contribution in [1.82, 2.24) is 4.98 Å². The molecule has 0 radical (unpaired) electrons. The first-order valence-electron chi connectivity index (χ1n) is 7.74. The highest BCUT2D eigenvalue weighted by Gasteiger charge is 2.13. The van der Waals surface area contributed by atoms with E-state index in [0.29, 0.717) is 4.84 Å². The average Bonchev–Trinajstić information content (AvgIpc) is 2.97. The summed E-state index contributed by atoms with van der Waals surface area (Å²) in [5, 5.41) is 0. The van der Waals surface area contributed by atoms with Gasteiger partial charge in [0.15, 0.2) is 5.76 Å². The molecule has 4 nitrogen and oxygen atoms in total. The van der Waals surface area contributed by atoms with Gasteiger partial charge in [-0.15, -0.1) is 0 Å². The Kier molecular flexibility index (Phi) is 4.44. The molecular formula is C19H21N3OS. The van der Waals surface area contributed by atoms with E-state index >= 15 is 0 Å². The topological polar surface area (TPSA) is 35.4 Å². The number of rotatable bonds is 4. The largest absolute Gasteiger partial charge is 0.429 e. The third-order valence-corrected chi connectivity index (χ3v) is 4.15. The molecule has 1 N–H and O–H groups in total. The highest BCUT2D eigenvalue weighted by atomic mass is 32.1. The molecule has 0 amide bonds. The number of nitrogens with one attached hydrogen (secondary N) is 1. The molecule has 2 aromatic carbocycles. The summed E-state index contributed by atoms with van der Waals surface area (Å²) < 4.78 is 5.77. The van der Waals surface area contributed by atoms with Gasteiger partial charge in [0.25, 0.3) is 4.84 Å². The van der Waals surface area contributed by atoms with Gasteiger partial charge in [-0.05, 0) is 48.6 Å². The van der Waals surface area contributed by atoms with Gasteiger partial charge in [-0.3, -0.25) is 0 Å². The van der Waals surface area contributed by atoms with Crippen molar-refractivity contribution in [2.24, 2.45) is 0 Å². The van der Waals surface area contributed by atoms with Crippen LogP contribution < -0.4 is 9.80 Å². The Balaban J connectivity index is 2.03. The minimum atomic E-state index is 0.383. The molecule has 1 aromatic heterocycles. The minimum Gasteiger partial charge on any atom is -0.429 e. The predicted octanol–water partition coefficient (Wildman–Crippen LogP) is 4.80. The van der Waals surface area contributed by atoms with E-state index in [4.69, 9.17) is 16.6 Å². The standard InChI is InChI=1S/C19H21N3OS/c1-21(2)15-9-5-13(6-10-15)17-18(23-19(24)20-17)14-7-11-16(12-8-14)22(3)4/h5-12H,1-4H3,(H,20,24). The molecule has 5 heteroatoms. The number of aromatic nitrogens is 1. The van der Waals surface area contributed by atoms with Crippen molar-refractivity contribution in [3.05, 3.63) is 53.4 Å². The van der Waals surface area contributed by atoms with Crippen LogP contribution >= 0.6 is 12.2 Å². The SMILES string of the molecule is CN(C)c1ccc(-c2[nH]c(=S)oc2-c2ccc(N(C)C)cc2)cc1. The van der Waals surface area contributed by atoms with E-state index in [1.165, 1.54) is 0 Å². The number of hydrogen-bond donors (Lipinski definition) is 1. The maximum absolute atomic E-state index is 5.77. The van der Waals surface area contributed by atoms with Crippen LogP contribution in [0, 0.1) is 4.84 Å². The maximum atomic E-state index is 5.77. The Morgan fingerprint density at radius 1 is 0.750 bits per heavy atom.